The van der Waals surface area contributed by atoms with Crippen LogP contribution in [0.15, 0.2) is 42.7 Å². The maximum atomic E-state index is 12.5. The van der Waals surface area contributed by atoms with Gasteiger partial charge in [-0.1, -0.05) is 6.07 Å². The quantitative estimate of drug-likeness (QED) is 0.691. The maximum absolute atomic E-state index is 12.5. The van der Waals surface area contributed by atoms with Gasteiger partial charge in [0.1, 0.15) is 0 Å². The molecule has 0 saturated heterocycles. The van der Waals surface area contributed by atoms with Gasteiger partial charge in [-0.15, -0.1) is 0 Å². The molecular formula is C15H15N3O4. The van der Waals surface area contributed by atoms with Crippen molar-refractivity contribution in [2.75, 3.05) is 7.05 Å². The van der Waals surface area contributed by atoms with Gasteiger partial charge >= 0.3 is 5.69 Å². The topological polar surface area (TPSA) is 96.6 Å². The molecule has 2 rings (SSSR count). The number of rotatable bonds is 4. The van der Waals surface area contributed by atoms with E-state index in [-0.39, 0.29) is 11.6 Å². The molecule has 1 atom stereocenters. The van der Waals surface area contributed by atoms with E-state index < -0.39 is 22.3 Å². The average Bonchev–Trinajstić information content (AvgIpc) is 2.53. The van der Waals surface area contributed by atoms with E-state index in [0.717, 1.165) is 11.6 Å². The van der Waals surface area contributed by atoms with Crippen LogP contribution in [-0.4, -0.2) is 32.9 Å². The van der Waals surface area contributed by atoms with E-state index in [2.05, 4.69) is 4.98 Å². The molecule has 1 heterocycles. The summed E-state index contributed by atoms with van der Waals surface area (Å²) in [6.45, 7) is 1.82. The molecule has 0 fully saturated rings. The summed E-state index contributed by atoms with van der Waals surface area (Å²) in [6.07, 6.45) is 3.24. The van der Waals surface area contributed by atoms with Crippen LogP contribution in [0.25, 0.3) is 0 Å². The Morgan fingerprint density at radius 2 is 1.95 bits per heavy atom. The largest absolute Gasteiger partial charge is 0.502 e. The number of aromatic hydroxyl groups is 1. The molecule has 1 aromatic carbocycles. The molecule has 2 aromatic rings. The second-order valence-corrected chi connectivity index (χ2v) is 4.80. The Kier molecular flexibility index (Phi) is 4.36. The zero-order valence-corrected chi connectivity index (χ0v) is 12.1. The van der Waals surface area contributed by atoms with Gasteiger partial charge in [0.25, 0.3) is 5.91 Å². The number of nitro benzene ring substituents is 1. The van der Waals surface area contributed by atoms with Crippen molar-refractivity contribution in [2.24, 2.45) is 0 Å². The molecule has 0 aliphatic rings. The second kappa shape index (κ2) is 6.21. The normalized spacial score (nSPS) is 11.7. The van der Waals surface area contributed by atoms with Crippen LogP contribution >= 0.6 is 0 Å². The lowest BCUT2D eigenvalue weighted by molar-refractivity contribution is -0.385. The van der Waals surface area contributed by atoms with Crippen LogP contribution in [-0.2, 0) is 0 Å². The highest BCUT2D eigenvalue weighted by Crippen LogP contribution is 2.31. The summed E-state index contributed by atoms with van der Waals surface area (Å²) in [5.41, 5.74) is 0.282. The van der Waals surface area contributed by atoms with E-state index in [1.165, 1.54) is 17.0 Å². The first kappa shape index (κ1) is 15.4. The molecule has 1 amide bonds. The number of carbonyl (C=O) groups excluding carboxylic acids is 1. The third kappa shape index (κ3) is 2.88. The Bertz CT molecular complexity index is 703. The van der Waals surface area contributed by atoms with Crippen molar-refractivity contribution in [1.82, 2.24) is 9.88 Å². The lowest BCUT2D eigenvalue weighted by Crippen LogP contribution is -2.29. The lowest BCUT2D eigenvalue weighted by atomic mass is 10.1. The molecule has 0 radical (unpaired) electrons. The van der Waals surface area contributed by atoms with Gasteiger partial charge in [-0.3, -0.25) is 19.9 Å². The molecule has 7 nitrogen and oxygen atoms in total. The summed E-state index contributed by atoms with van der Waals surface area (Å²) in [5.74, 6) is -1.11. The highest BCUT2D eigenvalue weighted by atomic mass is 16.6. The van der Waals surface area contributed by atoms with Crippen molar-refractivity contribution in [3.05, 3.63) is 64.0 Å². The van der Waals surface area contributed by atoms with E-state index in [4.69, 9.17) is 0 Å². The molecule has 1 aromatic heterocycles. The number of carbonyl (C=O) groups is 1. The standard InChI is InChI=1S/C15H15N3O4/c1-10(11-6-8-16-9-7-11)17(2)15(20)12-4-3-5-13(14(12)19)18(21)22/h3-10,19H,1-2H3/t10-/m1/s1. The van der Waals surface area contributed by atoms with E-state index in [0.29, 0.717) is 0 Å². The van der Waals surface area contributed by atoms with Crippen molar-refractivity contribution in [2.45, 2.75) is 13.0 Å². The van der Waals surface area contributed by atoms with Gasteiger partial charge in [0.15, 0.2) is 0 Å². The SMILES string of the molecule is C[C@H](c1ccncc1)N(C)C(=O)c1cccc([N+](=O)[O-])c1O. The monoisotopic (exact) mass is 301 g/mol. The highest BCUT2D eigenvalue weighted by molar-refractivity contribution is 5.98. The lowest BCUT2D eigenvalue weighted by Gasteiger charge is -2.25. The highest BCUT2D eigenvalue weighted by Gasteiger charge is 2.25. The third-order valence-corrected chi connectivity index (χ3v) is 3.53. The van der Waals surface area contributed by atoms with Crippen LogP contribution in [0, 0.1) is 10.1 Å². The molecule has 22 heavy (non-hydrogen) atoms. The van der Waals surface area contributed by atoms with Gasteiger partial charge in [-0.2, -0.15) is 0 Å². The predicted molar refractivity (Wildman–Crippen MR) is 79.5 cm³/mol. The fourth-order valence-electron chi connectivity index (χ4n) is 2.08. The Hall–Kier alpha value is -2.96. The number of nitro groups is 1. The molecule has 0 aliphatic heterocycles. The molecule has 0 spiro atoms. The van der Waals surface area contributed by atoms with Crippen LogP contribution in [0.4, 0.5) is 5.69 Å². The van der Waals surface area contributed by atoms with Gasteiger partial charge in [-0.25, -0.2) is 0 Å². The Morgan fingerprint density at radius 3 is 2.55 bits per heavy atom. The fourth-order valence-corrected chi connectivity index (χ4v) is 2.08. The van der Waals surface area contributed by atoms with Crippen LogP contribution in [0.3, 0.4) is 0 Å². The van der Waals surface area contributed by atoms with E-state index in [9.17, 15) is 20.0 Å². The summed E-state index contributed by atoms with van der Waals surface area (Å²) >= 11 is 0. The smallest absolute Gasteiger partial charge is 0.311 e. The summed E-state index contributed by atoms with van der Waals surface area (Å²) in [5, 5.41) is 20.8. The molecule has 0 saturated carbocycles. The van der Waals surface area contributed by atoms with Gasteiger partial charge in [0.2, 0.25) is 5.75 Å². The predicted octanol–water partition coefficient (Wildman–Crippen LogP) is 2.53. The van der Waals surface area contributed by atoms with Crippen LogP contribution < -0.4 is 0 Å². The van der Waals surface area contributed by atoms with Gasteiger partial charge < -0.3 is 10.0 Å². The van der Waals surface area contributed by atoms with Crippen molar-refractivity contribution in [3.63, 3.8) is 0 Å². The number of aromatic nitrogens is 1. The third-order valence-electron chi connectivity index (χ3n) is 3.53. The van der Waals surface area contributed by atoms with Gasteiger partial charge in [0.05, 0.1) is 16.5 Å². The van der Waals surface area contributed by atoms with Crippen molar-refractivity contribution in [3.8, 4) is 5.75 Å². The van der Waals surface area contributed by atoms with Gasteiger partial charge in [-0.05, 0) is 30.7 Å². The Balaban J connectivity index is 2.32. The van der Waals surface area contributed by atoms with Crippen LogP contribution in [0.5, 0.6) is 5.75 Å². The number of nitrogens with zero attached hydrogens (tertiary/aromatic N) is 3. The van der Waals surface area contributed by atoms with Crippen LogP contribution in [0.2, 0.25) is 0 Å². The number of benzene rings is 1. The van der Waals surface area contributed by atoms with E-state index >= 15 is 0 Å². The second-order valence-electron chi connectivity index (χ2n) is 4.80. The summed E-state index contributed by atoms with van der Waals surface area (Å²) in [6, 6.07) is 7.17. The minimum absolute atomic E-state index is 0.0994. The first-order valence-electron chi connectivity index (χ1n) is 6.57. The van der Waals surface area contributed by atoms with E-state index in [1.807, 2.05) is 6.92 Å². The summed E-state index contributed by atoms with van der Waals surface area (Å²) in [4.78, 5) is 27.9. The molecule has 0 unspecified atom stereocenters. The first-order valence-corrected chi connectivity index (χ1v) is 6.57. The van der Waals surface area contributed by atoms with E-state index in [1.54, 1.807) is 31.6 Å². The first-order chi connectivity index (χ1) is 10.4. The van der Waals surface area contributed by atoms with Gasteiger partial charge in [0, 0.05) is 25.5 Å². The number of amides is 1. The number of para-hydroxylation sites is 1. The minimum atomic E-state index is -0.724. The van der Waals surface area contributed by atoms with Crippen LogP contribution in [0.1, 0.15) is 28.9 Å². The number of phenols is 1. The number of hydrogen-bond acceptors (Lipinski definition) is 5. The molecule has 114 valence electrons. The Labute approximate surface area is 127 Å². The number of pyridine rings is 1. The number of phenolic OH excluding ortho intramolecular Hbond substituents is 1. The zero-order valence-electron chi connectivity index (χ0n) is 12.1. The molecule has 0 bridgehead atoms. The molecular weight excluding hydrogens is 286 g/mol. The average molecular weight is 301 g/mol. The zero-order chi connectivity index (χ0) is 16.3. The fraction of sp³-hybridized carbons (Fsp3) is 0.200. The van der Waals surface area contributed by atoms with Crippen molar-refractivity contribution >= 4 is 11.6 Å². The minimum Gasteiger partial charge on any atom is -0.502 e. The van der Waals surface area contributed by atoms with Crippen molar-refractivity contribution < 1.29 is 14.8 Å². The molecule has 0 aliphatic carbocycles. The summed E-state index contributed by atoms with van der Waals surface area (Å²) < 4.78 is 0. The van der Waals surface area contributed by atoms with Crippen molar-refractivity contribution in [1.29, 1.82) is 0 Å². The maximum Gasteiger partial charge on any atom is 0.311 e. The Morgan fingerprint density at radius 1 is 1.32 bits per heavy atom. The number of hydrogen-bond donors (Lipinski definition) is 1. The molecule has 1 N–H and O–H groups in total. The molecule has 7 heteroatoms. The summed E-state index contributed by atoms with van der Waals surface area (Å²) in [7, 11) is 1.58.